The highest BCUT2D eigenvalue weighted by molar-refractivity contribution is 6.04. The number of aliphatic carboxylic acids is 1. The summed E-state index contributed by atoms with van der Waals surface area (Å²) in [5.41, 5.74) is 1.39. The number of hydrogen-bond donors (Lipinski definition) is 1. The van der Waals surface area contributed by atoms with E-state index >= 15 is 0 Å². The van der Waals surface area contributed by atoms with Crippen LogP contribution in [0.2, 0.25) is 0 Å². The van der Waals surface area contributed by atoms with Gasteiger partial charge in [0, 0.05) is 19.2 Å². The molecule has 1 aliphatic heterocycles. The smallest absolute Gasteiger partial charge is 0.303 e. The summed E-state index contributed by atoms with van der Waals surface area (Å²) in [5.74, 6) is -1.17. The van der Waals surface area contributed by atoms with Gasteiger partial charge in [0.2, 0.25) is 11.8 Å². The van der Waals surface area contributed by atoms with Crippen molar-refractivity contribution in [1.29, 1.82) is 0 Å². The molecule has 0 aliphatic carbocycles. The van der Waals surface area contributed by atoms with Crippen LogP contribution in [0.15, 0.2) is 24.3 Å². The van der Waals surface area contributed by atoms with Crippen LogP contribution in [0.5, 0.6) is 0 Å². The van der Waals surface area contributed by atoms with Crippen molar-refractivity contribution in [2.75, 3.05) is 25.0 Å². The number of carbonyl (C=O) groups is 3. The molecule has 0 spiro atoms. The van der Waals surface area contributed by atoms with Gasteiger partial charge in [-0.3, -0.25) is 14.4 Å². The fourth-order valence-corrected chi connectivity index (χ4v) is 2.17. The van der Waals surface area contributed by atoms with Crippen molar-refractivity contribution in [2.45, 2.75) is 12.8 Å². The summed E-state index contributed by atoms with van der Waals surface area (Å²) in [4.78, 5) is 37.3. The lowest BCUT2D eigenvalue weighted by atomic mass is 10.1. The van der Waals surface area contributed by atoms with E-state index in [4.69, 9.17) is 5.11 Å². The maximum absolute atomic E-state index is 12.1. The molecule has 1 aromatic carbocycles. The molecule has 0 radical (unpaired) electrons. The van der Waals surface area contributed by atoms with E-state index in [0.29, 0.717) is 12.1 Å². The molecular formula is C14H16N2O4. The number of anilines is 1. The number of carbonyl (C=O) groups excluding carboxylic acids is 2. The molecule has 1 fully saturated rings. The highest BCUT2D eigenvalue weighted by atomic mass is 16.4. The highest BCUT2D eigenvalue weighted by Crippen LogP contribution is 2.23. The molecule has 106 valence electrons. The van der Waals surface area contributed by atoms with Gasteiger partial charge in [-0.05, 0) is 18.1 Å². The Bertz CT molecular complexity index is 556. The number of nitrogens with zero attached hydrogens (tertiary/aromatic N) is 2. The van der Waals surface area contributed by atoms with Crippen molar-refractivity contribution in [1.82, 2.24) is 4.90 Å². The average molecular weight is 276 g/mol. The third kappa shape index (κ3) is 2.96. The first-order chi connectivity index (χ1) is 9.49. The zero-order valence-electron chi connectivity index (χ0n) is 11.2. The Morgan fingerprint density at radius 3 is 2.60 bits per heavy atom. The first kappa shape index (κ1) is 14.0. The number of hydrogen-bond acceptors (Lipinski definition) is 3. The van der Waals surface area contributed by atoms with E-state index in [9.17, 15) is 14.4 Å². The lowest BCUT2D eigenvalue weighted by Gasteiger charge is -2.32. The maximum Gasteiger partial charge on any atom is 0.303 e. The molecule has 1 aliphatic rings. The van der Waals surface area contributed by atoms with Crippen LogP contribution in [0.4, 0.5) is 5.69 Å². The van der Waals surface area contributed by atoms with Gasteiger partial charge in [-0.2, -0.15) is 0 Å². The molecule has 1 N–H and O–H groups in total. The van der Waals surface area contributed by atoms with Crippen molar-refractivity contribution in [2.24, 2.45) is 0 Å². The lowest BCUT2D eigenvalue weighted by Crippen LogP contribution is -2.52. The molecule has 1 heterocycles. The van der Waals surface area contributed by atoms with Crippen LogP contribution in [-0.4, -0.2) is 47.9 Å². The van der Waals surface area contributed by atoms with E-state index < -0.39 is 5.97 Å². The topological polar surface area (TPSA) is 77.9 Å². The largest absolute Gasteiger partial charge is 0.481 e. The van der Waals surface area contributed by atoms with Crippen molar-refractivity contribution in [3.8, 4) is 0 Å². The SMILES string of the molecule is CN1CC(=O)N(c2ccccc2CCC(=O)O)CC1=O. The second kappa shape index (κ2) is 5.73. The summed E-state index contributed by atoms with van der Waals surface area (Å²) in [6.45, 7) is 0.0471. The number of piperazine rings is 1. The van der Waals surface area contributed by atoms with Gasteiger partial charge in [-0.15, -0.1) is 0 Å². The van der Waals surface area contributed by atoms with Crippen molar-refractivity contribution in [3.63, 3.8) is 0 Å². The Labute approximate surface area is 116 Å². The molecule has 20 heavy (non-hydrogen) atoms. The molecule has 1 aromatic rings. The van der Waals surface area contributed by atoms with Crippen LogP contribution in [-0.2, 0) is 20.8 Å². The molecule has 2 rings (SSSR count). The number of likely N-dealkylation sites (N-methyl/N-ethyl adjacent to an activating group) is 1. The molecule has 0 aromatic heterocycles. The number of rotatable bonds is 4. The third-order valence-electron chi connectivity index (χ3n) is 3.28. The number of carboxylic acids is 1. The molecule has 0 unspecified atom stereocenters. The lowest BCUT2D eigenvalue weighted by molar-refractivity contribution is -0.137. The van der Waals surface area contributed by atoms with Gasteiger partial charge in [-0.25, -0.2) is 0 Å². The Kier molecular flexibility index (Phi) is 4.02. The van der Waals surface area contributed by atoms with E-state index in [1.54, 1.807) is 31.3 Å². The summed E-state index contributed by atoms with van der Waals surface area (Å²) in [6.07, 6.45) is 0.326. The second-order valence-corrected chi connectivity index (χ2v) is 4.75. The van der Waals surface area contributed by atoms with Gasteiger partial charge in [0.1, 0.15) is 6.54 Å². The zero-order chi connectivity index (χ0) is 14.7. The van der Waals surface area contributed by atoms with Crippen LogP contribution < -0.4 is 4.90 Å². The fourth-order valence-electron chi connectivity index (χ4n) is 2.17. The average Bonchev–Trinajstić information content (AvgIpc) is 2.41. The van der Waals surface area contributed by atoms with Gasteiger partial charge in [0.05, 0.1) is 6.54 Å². The number of para-hydroxylation sites is 1. The first-order valence-electron chi connectivity index (χ1n) is 6.33. The maximum atomic E-state index is 12.1. The van der Waals surface area contributed by atoms with Crippen molar-refractivity contribution >= 4 is 23.5 Å². The van der Waals surface area contributed by atoms with Gasteiger partial charge in [0.25, 0.3) is 0 Å². The minimum Gasteiger partial charge on any atom is -0.481 e. The second-order valence-electron chi connectivity index (χ2n) is 4.75. The van der Waals surface area contributed by atoms with Crippen LogP contribution >= 0.6 is 0 Å². The van der Waals surface area contributed by atoms with Gasteiger partial charge < -0.3 is 14.9 Å². The summed E-state index contributed by atoms with van der Waals surface area (Å²) >= 11 is 0. The van der Waals surface area contributed by atoms with Gasteiger partial charge in [-0.1, -0.05) is 18.2 Å². The Balaban J connectivity index is 2.25. The van der Waals surface area contributed by atoms with Crippen molar-refractivity contribution in [3.05, 3.63) is 29.8 Å². The molecule has 6 nitrogen and oxygen atoms in total. The van der Waals surface area contributed by atoms with E-state index in [1.165, 1.54) is 9.80 Å². The zero-order valence-corrected chi connectivity index (χ0v) is 11.2. The summed E-state index contributed by atoms with van der Waals surface area (Å²) in [7, 11) is 1.59. The molecule has 1 saturated heterocycles. The number of carboxylic acid groups (broad SMARTS) is 1. The van der Waals surface area contributed by atoms with Gasteiger partial charge in [0.15, 0.2) is 0 Å². The predicted octanol–water partition coefficient (Wildman–Crippen LogP) is 0.509. The molecule has 0 saturated carbocycles. The van der Waals surface area contributed by atoms with Gasteiger partial charge >= 0.3 is 5.97 Å². The predicted molar refractivity (Wildman–Crippen MR) is 72.4 cm³/mol. The Hall–Kier alpha value is -2.37. The molecule has 0 bridgehead atoms. The van der Waals surface area contributed by atoms with Crippen LogP contribution in [0, 0.1) is 0 Å². The minimum absolute atomic E-state index is 0.000577. The first-order valence-corrected chi connectivity index (χ1v) is 6.33. The Morgan fingerprint density at radius 2 is 1.90 bits per heavy atom. The molecule has 6 heteroatoms. The fraction of sp³-hybridized carbons (Fsp3) is 0.357. The highest BCUT2D eigenvalue weighted by Gasteiger charge is 2.29. The quantitative estimate of drug-likeness (QED) is 0.869. The summed E-state index contributed by atoms with van der Waals surface area (Å²) < 4.78 is 0. The monoisotopic (exact) mass is 276 g/mol. The number of aryl methyl sites for hydroxylation is 1. The van der Waals surface area contributed by atoms with E-state index in [-0.39, 0.29) is 31.3 Å². The minimum atomic E-state index is -0.888. The summed E-state index contributed by atoms with van der Waals surface area (Å²) in [6, 6.07) is 7.10. The third-order valence-corrected chi connectivity index (χ3v) is 3.28. The van der Waals surface area contributed by atoms with E-state index in [2.05, 4.69) is 0 Å². The molecule has 2 amide bonds. The number of amides is 2. The Morgan fingerprint density at radius 1 is 1.20 bits per heavy atom. The van der Waals surface area contributed by atoms with Crippen molar-refractivity contribution < 1.29 is 19.5 Å². The van der Waals surface area contributed by atoms with E-state index in [0.717, 1.165) is 5.56 Å². The van der Waals surface area contributed by atoms with E-state index in [1.807, 2.05) is 0 Å². The molecule has 0 atom stereocenters. The summed E-state index contributed by atoms with van der Waals surface area (Å²) in [5, 5.41) is 8.76. The standard InChI is InChI=1S/C14H16N2O4/c1-15-8-13(18)16(9-12(15)17)11-5-3-2-4-10(11)6-7-14(19)20/h2-5H,6-9H2,1H3,(H,19,20). The number of benzene rings is 1. The molecular weight excluding hydrogens is 260 g/mol. The van der Waals surface area contributed by atoms with Crippen LogP contribution in [0.25, 0.3) is 0 Å². The van der Waals surface area contributed by atoms with Crippen LogP contribution in [0.1, 0.15) is 12.0 Å². The van der Waals surface area contributed by atoms with Crippen LogP contribution in [0.3, 0.4) is 0 Å². The normalized spacial score (nSPS) is 15.7.